The second-order valence-corrected chi connectivity index (χ2v) is 15.1. The summed E-state index contributed by atoms with van der Waals surface area (Å²) in [6.45, 7) is 5.99. The van der Waals surface area contributed by atoms with Crippen LogP contribution in [-0.2, 0) is 36.9 Å². The molecule has 3 heterocycles. The predicted octanol–water partition coefficient (Wildman–Crippen LogP) is 7.16. The molecule has 4 amide bonds. The Morgan fingerprint density at radius 1 is 0.770 bits per heavy atom. The van der Waals surface area contributed by atoms with Crippen LogP contribution in [0.5, 0.6) is 0 Å². The predicted molar refractivity (Wildman–Crippen MR) is 233 cm³/mol. The Hall–Kier alpha value is -6.80. The van der Waals surface area contributed by atoms with Crippen molar-refractivity contribution in [3.63, 3.8) is 0 Å². The van der Waals surface area contributed by atoms with E-state index in [1.54, 1.807) is 22.2 Å². The van der Waals surface area contributed by atoms with E-state index in [1.165, 1.54) is 7.11 Å². The maximum absolute atomic E-state index is 14.1. The normalized spacial score (nSPS) is 14.0. The van der Waals surface area contributed by atoms with Crippen molar-refractivity contribution in [3.8, 4) is 33.6 Å². The summed E-state index contributed by atoms with van der Waals surface area (Å²) in [5.41, 5.74) is 6.48. The summed E-state index contributed by atoms with van der Waals surface area (Å²) in [5, 5.41) is 7.59. The monoisotopic (exact) mass is 824 g/mol. The van der Waals surface area contributed by atoms with E-state index in [0.29, 0.717) is 44.3 Å². The highest BCUT2D eigenvalue weighted by Crippen LogP contribution is 2.30. The number of alkyl carbamates (subject to hydrolysis) is 1. The highest BCUT2D eigenvalue weighted by Gasteiger charge is 2.32. The van der Waals surface area contributed by atoms with Gasteiger partial charge in [-0.05, 0) is 70.8 Å². The highest BCUT2D eigenvalue weighted by molar-refractivity contribution is 5.91. The van der Waals surface area contributed by atoms with Gasteiger partial charge >= 0.3 is 6.09 Å². The second-order valence-electron chi connectivity index (χ2n) is 15.1. The van der Waals surface area contributed by atoms with Gasteiger partial charge in [-0.25, -0.2) is 14.8 Å². The van der Waals surface area contributed by atoms with Gasteiger partial charge in [0.05, 0.1) is 44.0 Å². The van der Waals surface area contributed by atoms with Crippen LogP contribution in [0.1, 0.15) is 62.8 Å². The number of hydrogen-bond donors (Lipinski definition) is 4. The zero-order chi connectivity index (χ0) is 42.7. The minimum atomic E-state index is -0.842. The Morgan fingerprint density at radius 2 is 1.36 bits per heavy atom. The van der Waals surface area contributed by atoms with E-state index in [4.69, 9.17) is 4.74 Å². The smallest absolute Gasteiger partial charge is 0.407 e. The van der Waals surface area contributed by atoms with Gasteiger partial charge in [-0.1, -0.05) is 92.7 Å². The van der Waals surface area contributed by atoms with E-state index < -0.39 is 18.2 Å². The molecule has 6 aromatic rings. The average Bonchev–Trinajstić information content (AvgIpc) is 4.11. The first-order valence-corrected chi connectivity index (χ1v) is 20.8. The van der Waals surface area contributed by atoms with Crippen molar-refractivity contribution < 1.29 is 28.7 Å². The number of ether oxygens (including phenoxy) is 2. The summed E-state index contributed by atoms with van der Waals surface area (Å²) in [6.07, 6.45) is 5.33. The first kappa shape index (κ1) is 42.3. The van der Waals surface area contributed by atoms with Crippen LogP contribution in [0, 0.1) is 0 Å². The number of methoxy groups -OCH3 is 1. The maximum Gasteiger partial charge on any atom is 0.407 e. The molecule has 2 atom stereocenters. The number of nitrogens with one attached hydrogen (secondary N) is 4. The van der Waals surface area contributed by atoms with Gasteiger partial charge in [0.1, 0.15) is 30.3 Å². The van der Waals surface area contributed by atoms with Crippen molar-refractivity contribution in [3.05, 3.63) is 121 Å². The molecule has 14 nitrogen and oxygen atoms in total. The summed E-state index contributed by atoms with van der Waals surface area (Å²) in [6, 6.07) is 29.4. The number of amides is 4. The Labute approximate surface area is 355 Å². The molecule has 2 aromatic heterocycles. The van der Waals surface area contributed by atoms with E-state index in [2.05, 4.69) is 96.0 Å². The number of aromatic amines is 2. The first-order valence-electron chi connectivity index (χ1n) is 20.8. The van der Waals surface area contributed by atoms with Crippen LogP contribution in [0.2, 0.25) is 0 Å². The number of nitrogens with zero attached hydrogens (tertiary/aromatic N) is 4. The molecule has 0 aliphatic carbocycles. The van der Waals surface area contributed by atoms with Crippen molar-refractivity contribution in [2.75, 3.05) is 33.4 Å². The van der Waals surface area contributed by atoms with E-state index in [1.807, 2.05) is 44.2 Å². The molecule has 1 aliphatic heterocycles. The number of carbonyl (C=O) groups is 4. The lowest BCUT2D eigenvalue weighted by Crippen LogP contribution is -2.45. The van der Waals surface area contributed by atoms with Crippen molar-refractivity contribution in [1.82, 2.24) is 40.4 Å². The molecule has 0 bridgehead atoms. The Bertz CT molecular complexity index is 2440. The van der Waals surface area contributed by atoms with E-state index in [0.717, 1.165) is 69.2 Å². The zero-order valence-corrected chi connectivity index (χ0v) is 34.8. The molecule has 14 heteroatoms. The van der Waals surface area contributed by atoms with Crippen LogP contribution in [0.4, 0.5) is 4.79 Å². The average molecular weight is 825 g/mol. The largest absolute Gasteiger partial charge is 0.453 e. The maximum atomic E-state index is 14.1. The number of hydrogen-bond acceptors (Lipinski definition) is 8. The number of rotatable bonds is 17. The molecule has 0 radical (unpaired) electrons. The van der Waals surface area contributed by atoms with Crippen molar-refractivity contribution >= 4 is 34.6 Å². The quantitative estimate of drug-likeness (QED) is 0.0750. The summed E-state index contributed by atoms with van der Waals surface area (Å²) in [4.78, 5) is 70.8. The molecular weight excluding hydrogens is 773 g/mol. The molecule has 0 saturated carbocycles. The summed E-state index contributed by atoms with van der Waals surface area (Å²) in [5.74, 6) is 0.615. The van der Waals surface area contributed by atoms with E-state index in [-0.39, 0.29) is 30.8 Å². The molecule has 1 saturated heterocycles. The van der Waals surface area contributed by atoms with Crippen LogP contribution in [0.25, 0.3) is 44.4 Å². The molecule has 61 heavy (non-hydrogen) atoms. The summed E-state index contributed by atoms with van der Waals surface area (Å²) >= 11 is 0. The molecule has 316 valence electrons. The topological polar surface area (TPSA) is 175 Å². The van der Waals surface area contributed by atoms with Crippen molar-refractivity contribution in [1.29, 1.82) is 0 Å². The molecule has 0 unspecified atom stereocenters. The van der Waals surface area contributed by atoms with Crippen molar-refractivity contribution in [2.24, 2.45) is 0 Å². The summed E-state index contributed by atoms with van der Waals surface area (Å²) in [7, 11) is 1.26. The fraction of sp³-hybridized carbons (Fsp3) is 0.319. The lowest BCUT2D eigenvalue weighted by atomic mass is 9.98. The molecular formula is C47H52N8O6. The Kier molecular flexibility index (Phi) is 13.9. The number of H-pyrrole nitrogens is 2. The Balaban J connectivity index is 1.00. The van der Waals surface area contributed by atoms with E-state index in [9.17, 15) is 19.2 Å². The molecule has 4 N–H and O–H groups in total. The van der Waals surface area contributed by atoms with Crippen LogP contribution in [-0.4, -0.2) is 93.0 Å². The van der Waals surface area contributed by atoms with Gasteiger partial charge < -0.3 is 39.9 Å². The van der Waals surface area contributed by atoms with Gasteiger partial charge in [-0.3, -0.25) is 14.4 Å². The third-order valence-electron chi connectivity index (χ3n) is 10.7. The third kappa shape index (κ3) is 10.5. The van der Waals surface area contributed by atoms with Crippen LogP contribution in [0.3, 0.4) is 0 Å². The lowest BCUT2D eigenvalue weighted by molar-refractivity contribution is -0.140. The van der Waals surface area contributed by atoms with Crippen molar-refractivity contribution in [2.45, 2.75) is 64.8 Å². The zero-order valence-electron chi connectivity index (χ0n) is 34.8. The standard InChI is InChI=1S/C47H52N8O6/c1-4-21-54(43(56)28-50-47(59)60-3)29-41-49-27-39(52-41)37-20-19-35-24-34(17-18-36(35)25-37)31-13-15-32(16-14-31)38-26-48-42(51-38)30-55(22-5-2)46(58)44(33-10-7-6-8-11-33)53-45(57)40-12-9-23-61-40/h6-8,10-11,13-20,24-27,40,44H,4-5,9,12,21-23,28-30H2,1-3H3,(H,48,51)(H,49,52)(H,50,59)(H,53,57)/t40-,44-/m1/s1. The molecule has 1 aliphatic rings. The van der Waals surface area contributed by atoms with Gasteiger partial charge in [-0.2, -0.15) is 0 Å². The van der Waals surface area contributed by atoms with Crippen LogP contribution in [0.15, 0.2) is 103 Å². The first-order chi connectivity index (χ1) is 29.7. The fourth-order valence-electron chi connectivity index (χ4n) is 7.54. The summed E-state index contributed by atoms with van der Waals surface area (Å²) < 4.78 is 10.2. The highest BCUT2D eigenvalue weighted by atomic mass is 16.5. The number of fused-ring (bicyclic) bond motifs is 1. The van der Waals surface area contributed by atoms with Crippen LogP contribution >= 0.6 is 0 Å². The minimum Gasteiger partial charge on any atom is -0.453 e. The Morgan fingerprint density at radius 3 is 2.00 bits per heavy atom. The SMILES string of the molecule is CCCN(Cc1ncc(-c2ccc3cc(-c4ccc(-c5cnc(CN(CCC)C(=O)[C@H](NC(=O)[C@H]6CCCO6)c6ccccc6)[nH]5)cc4)ccc3c2)[nH]1)C(=O)CNC(=O)OC. The molecule has 1 fully saturated rings. The second kappa shape index (κ2) is 20.0. The number of benzene rings is 4. The minimum absolute atomic E-state index is 0.150. The molecule has 7 rings (SSSR count). The third-order valence-corrected chi connectivity index (χ3v) is 10.7. The number of aromatic nitrogens is 4. The van der Waals surface area contributed by atoms with Gasteiger partial charge in [-0.15, -0.1) is 0 Å². The lowest BCUT2D eigenvalue weighted by Gasteiger charge is -2.28. The fourth-order valence-corrected chi connectivity index (χ4v) is 7.54. The van der Waals surface area contributed by atoms with Crippen LogP contribution < -0.4 is 10.6 Å². The van der Waals surface area contributed by atoms with Gasteiger partial charge in [0.25, 0.3) is 0 Å². The van der Waals surface area contributed by atoms with Gasteiger partial charge in [0.15, 0.2) is 0 Å². The van der Waals surface area contributed by atoms with E-state index >= 15 is 0 Å². The number of imidazole rings is 2. The van der Waals surface area contributed by atoms with Gasteiger partial charge in [0.2, 0.25) is 17.7 Å². The molecule has 4 aromatic carbocycles. The number of carbonyl (C=O) groups excluding carboxylic acids is 4. The van der Waals surface area contributed by atoms with Gasteiger partial charge in [0, 0.05) is 25.3 Å². The molecule has 0 spiro atoms.